The standard InChI is InChI=1S/C42H58N2O6/c1-28-22-33(30(3)43-24-39(47)34-12-14-38(46)35(23-34)26-45)13-15-41(28)49-21-18-29(2)44-19-16-32(17-20-44)42(25-44)50-27-40(48)37-11-7-6-10-36(37)31-8-4-5-9-31/h6-7,10-15,22-23,29-32,39-40,42-43,45,47-48H,4-5,8-9,16-21,24-27H2,1-3H3/p+1/t29-,30?,32?,39-,40-,42-,44?/m0/s1. The van der Waals surface area contributed by atoms with E-state index in [0.717, 1.165) is 39.9 Å². The van der Waals surface area contributed by atoms with Gasteiger partial charge in [0.1, 0.15) is 30.3 Å². The van der Waals surface area contributed by atoms with Gasteiger partial charge in [-0.3, -0.25) is 0 Å². The van der Waals surface area contributed by atoms with Crippen LogP contribution >= 0.6 is 0 Å². The Morgan fingerprint density at radius 3 is 2.38 bits per heavy atom. The number of aliphatic hydroxyl groups excluding tert-OH is 3. The summed E-state index contributed by atoms with van der Waals surface area (Å²) in [6.07, 6.45) is 7.22. The van der Waals surface area contributed by atoms with Crippen LogP contribution in [0.3, 0.4) is 0 Å². The number of benzene rings is 3. The van der Waals surface area contributed by atoms with Crippen LogP contribution in [0.4, 0.5) is 0 Å². The van der Waals surface area contributed by atoms with Crippen molar-refractivity contribution in [3.63, 3.8) is 0 Å². The zero-order valence-corrected chi connectivity index (χ0v) is 30.3. The van der Waals surface area contributed by atoms with Gasteiger partial charge in [0.05, 0.1) is 45.1 Å². The Hall–Kier alpha value is -2.98. The second-order valence-electron chi connectivity index (χ2n) is 15.4. The molecule has 5 atom stereocenters. The van der Waals surface area contributed by atoms with Crippen LogP contribution in [0.1, 0.15) is 116 Å². The molecule has 8 heteroatoms. The third kappa shape index (κ3) is 8.38. The minimum absolute atomic E-state index is 0.0167. The highest BCUT2D eigenvalue weighted by Crippen LogP contribution is 2.40. The van der Waals surface area contributed by atoms with Gasteiger partial charge >= 0.3 is 0 Å². The average molecular weight is 688 g/mol. The highest BCUT2D eigenvalue weighted by Gasteiger charge is 2.49. The van der Waals surface area contributed by atoms with Crippen LogP contribution in [0, 0.1) is 12.8 Å². The number of piperidine rings is 3. The SMILES string of the molecule is Cc1cc(C(C)NC[C@H](O)c2ccc(O)c(CO)c2)ccc1OCC[C@H](C)[N+]12CCC(CC1)[C@@H](OC[C@H](O)c1ccccc1C1CCCC1)C2. The van der Waals surface area contributed by atoms with E-state index >= 15 is 0 Å². The molecular weight excluding hydrogens is 628 g/mol. The number of aromatic hydroxyl groups is 1. The van der Waals surface area contributed by atoms with E-state index in [1.165, 1.54) is 63.2 Å². The first kappa shape index (κ1) is 36.8. The zero-order chi connectivity index (χ0) is 35.3. The van der Waals surface area contributed by atoms with Gasteiger partial charge in [-0.05, 0) is 85.5 Å². The Morgan fingerprint density at radius 1 is 0.900 bits per heavy atom. The number of nitrogens with one attached hydrogen (secondary N) is 1. The fourth-order valence-corrected chi connectivity index (χ4v) is 8.88. The van der Waals surface area contributed by atoms with E-state index in [4.69, 9.17) is 9.47 Å². The summed E-state index contributed by atoms with van der Waals surface area (Å²) in [7, 11) is 0. The molecule has 3 aliphatic heterocycles. The Balaban J connectivity index is 0.972. The predicted octanol–water partition coefficient (Wildman–Crippen LogP) is 6.75. The first-order chi connectivity index (χ1) is 24.2. The summed E-state index contributed by atoms with van der Waals surface area (Å²) in [5, 5.41) is 44.6. The van der Waals surface area contributed by atoms with Crippen molar-refractivity contribution in [2.24, 2.45) is 5.92 Å². The summed E-state index contributed by atoms with van der Waals surface area (Å²) in [5.74, 6) is 2.09. The van der Waals surface area contributed by atoms with Gasteiger partial charge in [0, 0.05) is 43.3 Å². The van der Waals surface area contributed by atoms with Crippen LogP contribution in [-0.2, 0) is 11.3 Å². The highest BCUT2D eigenvalue weighted by molar-refractivity contribution is 5.38. The molecule has 3 aromatic rings. The maximum Gasteiger partial charge on any atom is 0.122 e. The fourth-order valence-electron chi connectivity index (χ4n) is 8.88. The molecule has 1 aliphatic carbocycles. The lowest BCUT2D eigenvalue weighted by molar-refractivity contribution is -0.967. The van der Waals surface area contributed by atoms with E-state index < -0.39 is 12.2 Å². The molecule has 1 saturated carbocycles. The molecule has 7 rings (SSSR count). The van der Waals surface area contributed by atoms with Crippen molar-refractivity contribution < 1.29 is 34.4 Å². The summed E-state index contributed by atoms with van der Waals surface area (Å²) in [6, 6.07) is 20.1. The van der Waals surface area contributed by atoms with Gasteiger partial charge in [-0.25, -0.2) is 0 Å². The minimum Gasteiger partial charge on any atom is -0.508 e. The predicted molar refractivity (Wildman–Crippen MR) is 196 cm³/mol. The molecule has 0 radical (unpaired) electrons. The van der Waals surface area contributed by atoms with Gasteiger partial charge in [-0.1, -0.05) is 55.3 Å². The molecule has 272 valence electrons. The second kappa shape index (κ2) is 16.6. The Bertz CT molecular complexity index is 1550. The third-order valence-corrected chi connectivity index (χ3v) is 12.3. The third-order valence-electron chi connectivity index (χ3n) is 12.3. The molecular formula is C42H59N2O6+. The topological polar surface area (TPSA) is 111 Å². The molecule has 3 heterocycles. The molecule has 8 nitrogen and oxygen atoms in total. The van der Waals surface area contributed by atoms with Crippen molar-refractivity contribution in [3.05, 3.63) is 94.0 Å². The maximum absolute atomic E-state index is 11.3. The molecule has 3 aromatic carbocycles. The van der Waals surface area contributed by atoms with E-state index in [-0.39, 0.29) is 24.5 Å². The molecule has 3 saturated heterocycles. The van der Waals surface area contributed by atoms with Gasteiger partial charge in [0.15, 0.2) is 0 Å². The molecule has 0 spiro atoms. The number of ether oxygens (including phenoxy) is 2. The van der Waals surface area contributed by atoms with E-state index in [1.54, 1.807) is 12.1 Å². The average Bonchev–Trinajstić information content (AvgIpc) is 3.69. The van der Waals surface area contributed by atoms with Gasteiger partial charge < -0.3 is 39.7 Å². The lowest BCUT2D eigenvalue weighted by Crippen LogP contribution is -2.67. The van der Waals surface area contributed by atoms with E-state index in [1.807, 2.05) is 6.07 Å². The van der Waals surface area contributed by atoms with Crippen LogP contribution in [0.15, 0.2) is 60.7 Å². The van der Waals surface area contributed by atoms with Crippen LogP contribution in [-0.4, -0.2) is 76.4 Å². The number of aliphatic hydroxyl groups is 3. The summed E-state index contributed by atoms with van der Waals surface area (Å²) in [4.78, 5) is 0. The van der Waals surface area contributed by atoms with Crippen molar-refractivity contribution >= 4 is 0 Å². The van der Waals surface area contributed by atoms with Crippen molar-refractivity contribution in [2.45, 2.75) is 109 Å². The Labute approximate surface area is 298 Å². The first-order valence-corrected chi connectivity index (χ1v) is 19.0. The van der Waals surface area contributed by atoms with Gasteiger partial charge in [0.2, 0.25) is 0 Å². The molecule has 0 amide bonds. The van der Waals surface area contributed by atoms with Crippen LogP contribution in [0.25, 0.3) is 0 Å². The lowest BCUT2D eigenvalue weighted by atomic mass is 9.81. The summed E-state index contributed by atoms with van der Waals surface area (Å²) < 4.78 is 14.0. The van der Waals surface area contributed by atoms with E-state index in [9.17, 15) is 20.4 Å². The second-order valence-corrected chi connectivity index (χ2v) is 15.4. The smallest absolute Gasteiger partial charge is 0.122 e. The molecule has 2 bridgehead atoms. The Morgan fingerprint density at radius 2 is 1.64 bits per heavy atom. The molecule has 5 N–H and O–H groups in total. The number of phenols is 1. The maximum atomic E-state index is 11.3. The van der Waals surface area contributed by atoms with E-state index in [2.05, 4.69) is 62.5 Å². The molecule has 50 heavy (non-hydrogen) atoms. The highest BCUT2D eigenvalue weighted by atomic mass is 16.5. The van der Waals surface area contributed by atoms with Gasteiger partial charge in [-0.2, -0.15) is 0 Å². The van der Waals surface area contributed by atoms with Crippen LogP contribution < -0.4 is 10.1 Å². The lowest BCUT2D eigenvalue weighted by Gasteiger charge is -2.55. The largest absolute Gasteiger partial charge is 0.508 e. The number of hydrogen-bond acceptors (Lipinski definition) is 7. The number of hydrogen-bond donors (Lipinski definition) is 5. The number of rotatable bonds is 16. The normalized spacial score (nSPS) is 24.6. The van der Waals surface area contributed by atoms with Crippen molar-refractivity contribution in [3.8, 4) is 11.5 Å². The number of nitrogens with zero attached hydrogens (tertiary/aromatic N) is 1. The number of quaternary nitrogens is 1. The van der Waals surface area contributed by atoms with Gasteiger partial charge in [-0.15, -0.1) is 0 Å². The molecule has 4 fully saturated rings. The summed E-state index contributed by atoms with van der Waals surface area (Å²) >= 11 is 0. The zero-order valence-electron chi connectivity index (χ0n) is 30.3. The first-order valence-electron chi connectivity index (χ1n) is 19.0. The fraction of sp³-hybridized carbons (Fsp3) is 0.571. The molecule has 1 unspecified atom stereocenters. The quantitative estimate of drug-likeness (QED) is 0.106. The van der Waals surface area contributed by atoms with Crippen LogP contribution in [0.2, 0.25) is 0 Å². The summed E-state index contributed by atoms with van der Waals surface area (Å²) in [6.45, 7) is 11.0. The monoisotopic (exact) mass is 687 g/mol. The number of aryl methyl sites for hydroxylation is 1. The van der Waals surface area contributed by atoms with E-state index in [0.29, 0.717) is 48.8 Å². The Kier molecular flexibility index (Phi) is 12.2. The van der Waals surface area contributed by atoms with Crippen molar-refractivity contribution in [1.29, 1.82) is 0 Å². The number of fused-ring (bicyclic) bond motifs is 3. The van der Waals surface area contributed by atoms with Gasteiger partial charge in [0.25, 0.3) is 0 Å². The molecule has 4 aliphatic rings. The van der Waals surface area contributed by atoms with Crippen molar-refractivity contribution in [2.75, 3.05) is 39.4 Å². The summed E-state index contributed by atoms with van der Waals surface area (Å²) in [5.41, 5.74) is 5.64. The van der Waals surface area contributed by atoms with Crippen LogP contribution in [0.5, 0.6) is 11.5 Å². The molecule has 0 aromatic heterocycles. The van der Waals surface area contributed by atoms with Crippen molar-refractivity contribution in [1.82, 2.24) is 5.32 Å². The minimum atomic E-state index is -0.761.